The fourth-order valence-electron chi connectivity index (χ4n) is 5.01. The van der Waals surface area contributed by atoms with Crippen LogP contribution in [-0.2, 0) is 19.5 Å². The number of aromatic nitrogens is 2. The average molecular weight is 502 g/mol. The third-order valence-electron chi connectivity index (χ3n) is 6.89. The van der Waals surface area contributed by atoms with Crippen molar-refractivity contribution in [2.24, 2.45) is 0 Å². The first-order valence-corrected chi connectivity index (χ1v) is 12.7. The molecule has 0 unspecified atom stereocenters. The van der Waals surface area contributed by atoms with E-state index in [-0.39, 0.29) is 11.5 Å². The topological polar surface area (TPSA) is 90.1 Å². The molecule has 5 aromatic rings. The molecule has 1 aliphatic heterocycles. The number of nitrogens with zero attached hydrogens (tertiary/aromatic N) is 2. The lowest BCUT2D eigenvalue weighted by Crippen LogP contribution is -2.34. The molecular formula is C31H27N5O2. The number of rotatable bonds is 6. The van der Waals surface area contributed by atoms with E-state index < -0.39 is 0 Å². The van der Waals surface area contributed by atoms with Crippen molar-refractivity contribution in [2.75, 3.05) is 17.2 Å². The number of carbonyl (C=O) groups is 1. The van der Waals surface area contributed by atoms with Gasteiger partial charge in [0.2, 0.25) is 0 Å². The lowest BCUT2D eigenvalue weighted by Gasteiger charge is -2.29. The molecule has 2 aromatic heterocycles. The molecular weight excluding hydrogens is 474 g/mol. The van der Waals surface area contributed by atoms with Crippen LogP contribution in [0.3, 0.4) is 0 Å². The summed E-state index contributed by atoms with van der Waals surface area (Å²) in [4.78, 5) is 35.2. The highest BCUT2D eigenvalue weighted by Crippen LogP contribution is 2.31. The molecule has 0 atom stereocenters. The van der Waals surface area contributed by atoms with Gasteiger partial charge in [0.05, 0.1) is 5.69 Å². The lowest BCUT2D eigenvalue weighted by atomic mass is 9.96. The van der Waals surface area contributed by atoms with Crippen LogP contribution in [0.5, 0.6) is 0 Å². The molecule has 1 aliphatic rings. The molecule has 7 heteroatoms. The van der Waals surface area contributed by atoms with E-state index in [0.717, 1.165) is 47.4 Å². The molecule has 0 radical (unpaired) electrons. The quantitative estimate of drug-likeness (QED) is 0.287. The number of nitrogens with one attached hydrogen (secondary N) is 3. The molecule has 188 valence electrons. The third-order valence-corrected chi connectivity index (χ3v) is 6.89. The van der Waals surface area contributed by atoms with Gasteiger partial charge in [0.15, 0.2) is 0 Å². The van der Waals surface area contributed by atoms with Gasteiger partial charge in [-0.25, -0.2) is 4.98 Å². The number of aromatic amines is 1. The minimum Gasteiger partial charge on any atom is -0.355 e. The summed E-state index contributed by atoms with van der Waals surface area (Å²) in [7, 11) is 0. The van der Waals surface area contributed by atoms with E-state index in [2.05, 4.69) is 37.6 Å². The fourth-order valence-corrected chi connectivity index (χ4v) is 5.01. The van der Waals surface area contributed by atoms with Crippen molar-refractivity contribution in [2.45, 2.75) is 19.5 Å². The van der Waals surface area contributed by atoms with Crippen molar-refractivity contribution in [3.05, 3.63) is 130 Å². The molecule has 38 heavy (non-hydrogen) atoms. The molecule has 0 fully saturated rings. The number of hydrogen-bond donors (Lipinski definition) is 3. The first-order chi connectivity index (χ1) is 18.6. The van der Waals surface area contributed by atoms with Gasteiger partial charge in [-0.05, 0) is 60.0 Å². The number of amides is 1. The summed E-state index contributed by atoms with van der Waals surface area (Å²) in [5.41, 5.74) is 6.68. The normalized spacial score (nSPS) is 13.2. The average Bonchev–Trinajstić information content (AvgIpc) is 2.95. The van der Waals surface area contributed by atoms with Crippen LogP contribution in [-0.4, -0.2) is 27.3 Å². The minimum atomic E-state index is -0.150. The van der Waals surface area contributed by atoms with E-state index in [1.165, 1.54) is 5.56 Å². The predicted octanol–water partition coefficient (Wildman–Crippen LogP) is 5.48. The Morgan fingerprint density at radius 3 is 2.34 bits per heavy atom. The Balaban J connectivity index is 1.24. The van der Waals surface area contributed by atoms with Gasteiger partial charge in [0.25, 0.3) is 11.5 Å². The zero-order valence-electron chi connectivity index (χ0n) is 20.8. The van der Waals surface area contributed by atoms with E-state index in [1.807, 2.05) is 66.7 Å². The summed E-state index contributed by atoms with van der Waals surface area (Å²) in [6, 6.07) is 29.0. The molecule has 3 N–H and O–H groups in total. The molecule has 1 amide bonds. The van der Waals surface area contributed by atoms with Crippen molar-refractivity contribution in [1.29, 1.82) is 0 Å². The monoisotopic (exact) mass is 501 g/mol. The van der Waals surface area contributed by atoms with Crippen molar-refractivity contribution in [3.8, 4) is 0 Å². The number of hydrogen-bond acceptors (Lipinski definition) is 5. The van der Waals surface area contributed by atoms with E-state index in [4.69, 9.17) is 0 Å². The van der Waals surface area contributed by atoms with Crippen LogP contribution >= 0.6 is 0 Å². The van der Waals surface area contributed by atoms with Gasteiger partial charge in [-0.3, -0.25) is 14.5 Å². The Labute approximate surface area is 220 Å². The molecule has 3 aromatic carbocycles. The molecule has 0 aliphatic carbocycles. The summed E-state index contributed by atoms with van der Waals surface area (Å²) >= 11 is 0. The fraction of sp³-hybridized carbons (Fsp3) is 0.129. The molecule has 0 bridgehead atoms. The molecule has 6 rings (SSSR count). The van der Waals surface area contributed by atoms with Gasteiger partial charge < -0.3 is 15.6 Å². The maximum atomic E-state index is 13.0. The van der Waals surface area contributed by atoms with Crippen LogP contribution in [0.25, 0.3) is 11.0 Å². The number of benzene rings is 3. The number of pyridine rings is 2. The second kappa shape index (κ2) is 10.3. The molecule has 0 saturated heterocycles. The van der Waals surface area contributed by atoms with Gasteiger partial charge in [0, 0.05) is 53.7 Å². The summed E-state index contributed by atoms with van der Waals surface area (Å²) in [5.74, 6) is -0.150. The maximum Gasteiger partial charge on any atom is 0.255 e. The standard InChI is InChI=1S/C31H27N5O2/c37-30(22-9-5-2-6-10-22)34-24-13-11-23(12-14-24)33-27-15-17-32-29-28(27)25-16-18-36(20-26(25)31(38)35-29)19-21-7-3-1-4-8-21/h1-15,17H,16,18-20H2,(H,34,37)(H2,32,33,35,38). The Morgan fingerprint density at radius 1 is 0.868 bits per heavy atom. The Morgan fingerprint density at radius 2 is 1.58 bits per heavy atom. The van der Waals surface area contributed by atoms with Crippen molar-refractivity contribution in [3.63, 3.8) is 0 Å². The van der Waals surface area contributed by atoms with Crippen LogP contribution in [0.15, 0.2) is 102 Å². The van der Waals surface area contributed by atoms with Crippen LogP contribution in [0.2, 0.25) is 0 Å². The highest BCUT2D eigenvalue weighted by atomic mass is 16.1. The third kappa shape index (κ3) is 4.92. The molecule has 3 heterocycles. The largest absolute Gasteiger partial charge is 0.355 e. The second-order valence-corrected chi connectivity index (χ2v) is 9.46. The summed E-state index contributed by atoms with van der Waals surface area (Å²) in [6.07, 6.45) is 2.47. The lowest BCUT2D eigenvalue weighted by molar-refractivity contribution is 0.102. The summed E-state index contributed by atoms with van der Waals surface area (Å²) in [6.45, 7) is 2.27. The second-order valence-electron chi connectivity index (χ2n) is 9.46. The number of fused-ring (bicyclic) bond motifs is 3. The molecule has 0 saturated carbocycles. The Kier molecular flexibility index (Phi) is 6.42. The van der Waals surface area contributed by atoms with E-state index in [1.54, 1.807) is 18.3 Å². The number of anilines is 3. The molecule has 0 spiro atoms. The Bertz CT molecular complexity index is 1650. The minimum absolute atomic E-state index is 0.0755. The van der Waals surface area contributed by atoms with Gasteiger partial charge in [-0.2, -0.15) is 0 Å². The van der Waals surface area contributed by atoms with Gasteiger partial charge in [-0.15, -0.1) is 0 Å². The van der Waals surface area contributed by atoms with Crippen LogP contribution < -0.4 is 16.2 Å². The van der Waals surface area contributed by atoms with E-state index in [9.17, 15) is 9.59 Å². The maximum absolute atomic E-state index is 13.0. The number of H-pyrrole nitrogens is 1. The predicted molar refractivity (Wildman–Crippen MR) is 151 cm³/mol. The molecule has 7 nitrogen and oxygen atoms in total. The highest BCUT2D eigenvalue weighted by molar-refractivity contribution is 6.04. The van der Waals surface area contributed by atoms with Crippen molar-refractivity contribution < 1.29 is 4.79 Å². The van der Waals surface area contributed by atoms with Crippen molar-refractivity contribution >= 4 is 34.0 Å². The Hall–Kier alpha value is -4.75. The SMILES string of the molecule is O=C(Nc1ccc(Nc2ccnc3[nH]c(=O)c4c(c23)CCN(Cc2ccccc2)C4)cc1)c1ccccc1. The van der Waals surface area contributed by atoms with E-state index >= 15 is 0 Å². The zero-order chi connectivity index (χ0) is 25.9. The first kappa shape index (κ1) is 23.6. The number of carbonyl (C=O) groups excluding carboxylic acids is 1. The van der Waals surface area contributed by atoms with Gasteiger partial charge in [-0.1, -0.05) is 48.5 Å². The summed E-state index contributed by atoms with van der Waals surface area (Å²) < 4.78 is 0. The van der Waals surface area contributed by atoms with Crippen LogP contribution in [0, 0.1) is 0 Å². The smallest absolute Gasteiger partial charge is 0.255 e. The van der Waals surface area contributed by atoms with Crippen LogP contribution in [0.1, 0.15) is 27.0 Å². The first-order valence-electron chi connectivity index (χ1n) is 12.7. The van der Waals surface area contributed by atoms with Crippen LogP contribution in [0.4, 0.5) is 17.1 Å². The van der Waals surface area contributed by atoms with Crippen molar-refractivity contribution in [1.82, 2.24) is 14.9 Å². The zero-order valence-corrected chi connectivity index (χ0v) is 20.8. The highest BCUT2D eigenvalue weighted by Gasteiger charge is 2.23. The van der Waals surface area contributed by atoms with E-state index in [0.29, 0.717) is 23.4 Å². The summed E-state index contributed by atoms with van der Waals surface area (Å²) in [5, 5.41) is 7.36. The van der Waals surface area contributed by atoms with Gasteiger partial charge >= 0.3 is 0 Å². The van der Waals surface area contributed by atoms with Gasteiger partial charge in [0.1, 0.15) is 5.65 Å².